The van der Waals surface area contributed by atoms with Crippen LogP contribution in [0.15, 0.2) is 53.1 Å². The van der Waals surface area contributed by atoms with Gasteiger partial charge in [-0.2, -0.15) is 15.2 Å². The first-order valence-electron chi connectivity index (χ1n) is 8.60. The fraction of sp³-hybridized carbons (Fsp3) is 0.0952. The van der Waals surface area contributed by atoms with Gasteiger partial charge in [-0.05, 0) is 67.4 Å². The molecular formula is C21H16BrN5O. The number of nitrogens with one attached hydrogen (secondary N) is 2. The Morgan fingerprint density at radius 2 is 1.79 bits per heavy atom. The number of halogens is 1. The number of ether oxygens (including phenoxy) is 1. The largest absolute Gasteiger partial charge is 0.438 e. The molecule has 0 aliphatic rings. The molecule has 0 bridgehead atoms. The highest BCUT2D eigenvalue weighted by Crippen LogP contribution is 2.34. The lowest BCUT2D eigenvalue weighted by Crippen LogP contribution is -2.01. The minimum Gasteiger partial charge on any atom is -0.438 e. The number of fused-ring (bicyclic) bond motifs is 1. The molecule has 0 aliphatic carbocycles. The Bertz CT molecular complexity index is 1180. The number of aromatic amines is 1. The normalized spacial score (nSPS) is 10.6. The topological polar surface area (TPSA) is 86.6 Å². The summed E-state index contributed by atoms with van der Waals surface area (Å²) in [5.74, 6) is 1.65. The summed E-state index contributed by atoms with van der Waals surface area (Å²) in [7, 11) is 0. The molecule has 0 aliphatic heterocycles. The Labute approximate surface area is 170 Å². The van der Waals surface area contributed by atoms with E-state index in [-0.39, 0.29) is 0 Å². The van der Waals surface area contributed by atoms with Crippen molar-refractivity contribution in [1.29, 1.82) is 5.26 Å². The molecule has 0 fully saturated rings. The van der Waals surface area contributed by atoms with E-state index in [0.717, 1.165) is 32.4 Å². The minimum absolute atomic E-state index is 0.405. The summed E-state index contributed by atoms with van der Waals surface area (Å²) >= 11 is 3.51. The fourth-order valence-electron chi connectivity index (χ4n) is 2.96. The second-order valence-corrected chi connectivity index (χ2v) is 7.29. The highest BCUT2D eigenvalue weighted by Gasteiger charge is 2.14. The van der Waals surface area contributed by atoms with Crippen LogP contribution in [0, 0.1) is 25.2 Å². The average molecular weight is 434 g/mol. The van der Waals surface area contributed by atoms with Crippen LogP contribution < -0.4 is 10.1 Å². The summed E-state index contributed by atoms with van der Waals surface area (Å²) < 4.78 is 7.21. The summed E-state index contributed by atoms with van der Waals surface area (Å²) in [6.45, 7) is 4.00. The summed E-state index contributed by atoms with van der Waals surface area (Å²) in [5, 5.41) is 12.9. The zero-order valence-corrected chi connectivity index (χ0v) is 16.8. The van der Waals surface area contributed by atoms with Crippen molar-refractivity contribution in [2.24, 2.45) is 0 Å². The van der Waals surface area contributed by atoms with Gasteiger partial charge in [-0.25, -0.2) is 0 Å². The fourth-order valence-corrected chi connectivity index (χ4v) is 3.65. The van der Waals surface area contributed by atoms with Crippen LogP contribution >= 0.6 is 15.9 Å². The molecule has 2 aromatic carbocycles. The number of nitriles is 1. The van der Waals surface area contributed by atoms with Gasteiger partial charge in [0.2, 0.25) is 11.8 Å². The standard InChI is InChI=1S/C21H16BrN5O/c1-12-9-15(22)10-13(2)18(12)28-20-17-7-8-24-19(17)26-21(27-20)25-16-5-3-14(11-23)4-6-16/h3-10H,1-2H3,(H2,24,25,26,27). The smallest absolute Gasteiger partial charge is 0.233 e. The summed E-state index contributed by atoms with van der Waals surface area (Å²) in [5.41, 5.74) is 4.07. The second-order valence-electron chi connectivity index (χ2n) is 6.38. The van der Waals surface area contributed by atoms with Gasteiger partial charge < -0.3 is 15.0 Å². The van der Waals surface area contributed by atoms with Crippen LogP contribution in [0.5, 0.6) is 11.6 Å². The molecule has 138 valence electrons. The van der Waals surface area contributed by atoms with E-state index < -0.39 is 0 Å². The molecule has 0 saturated heterocycles. The molecule has 0 atom stereocenters. The van der Waals surface area contributed by atoms with E-state index in [9.17, 15) is 0 Å². The molecule has 0 radical (unpaired) electrons. The number of H-pyrrole nitrogens is 1. The Morgan fingerprint density at radius 1 is 1.07 bits per heavy atom. The molecule has 28 heavy (non-hydrogen) atoms. The highest BCUT2D eigenvalue weighted by molar-refractivity contribution is 9.10. The number of hydrogen-bond donors (Lipinski definition) is 2. The van der Waals surface area contributed by atoms with E-state index >= 15 is 0 Å². The van der Waals surface area contributed by atoms with E-state index in [2.05, 4.69) is 42.3 Å². The van der Waals surface area contributed by atoms with Gasteiger partial charge in [-0.15, -0.1) is 0 Å². The average Bonchev–Trinajstić information content (AvgIpc) is 3.14. The third-order valence-corrected chi connectivity index (χ3v) is 4.73. The number of benzene rings is 2. The number of nitrogens with zero attached hydrogens (tertiary/aromatic N) is 3. The van der Waals surface area contributed by atoms with Gasteiger partial charge in [-0.1, -0.05) is 15.9 Å². The lowest BCUT2D eigenvalue weighted by molar-refractivity contribution is 0.462. The van der Waals surface area contributed by atoms with Gasteiger partial charge >= 0.3 is 0 Å². The van der Waals surface area contributed by atoms with Crippen molar-refractivity contribution in [3.8, 4) is 17.7 Å². The van der Waals surface area contributed by atoms with E-state index in [1.54, 1.807) is 18.3 Å². The maximum absolute atomic E-state index is 8.93. The molecule has 2 aromatic heterocycles. The predicted molar refractivity (Wildman–Crippen MR) is 112 cm³/mol. The number of hydrogen-bond acceptors (Lipinski definition) is 5. The molecule has 0 saturated carbocycles. The van der Waals surface area contributed by atoms with Gasteiger partial charge in [0.25, 0.3) is 0 Å². The number of aryl methyl sites for hydroxylation is 2. The van der Waals surface area contributed by atoms with Crippen LogP contribution in [0.4, 0.5) is 11.6 Å². The van der Waals surface area contributed by atoms with Crippen LogP contribution in [-0.2, 0) is 0 Å². The Balaban J connectivity index is 1.72. The predicted octanol–water partition coefficient (Wildman–Crippen LogP) is 5.74. The Kier molecular flexibility index (Phi) is 4.72. The summed E-state index contributed by atoms with van der Waals surface area (Å²) in [6.07, 6.45) is 1.80. The Hall–Kier alpha value is -3.37. The monoisotopic (exact) mass is 433 g/mol. The molecule has 0 amide bonds. The SMILES string of the molecule is Cc1cc(Br)cc(C)c1Oc1nc(Nc2ccc(C#N)cc2)nc2[nH]ccc12. The third-order valence-electron chi connectivity index (χ3n) is 4.27. The van der Waals surface area contributed by atoms with Crippen LogP contribution in [0.2, 0.25) is 0 Å². The maximum atomic E-state index is 8.93. The van der Waals surface area contributed by atoms with Crippen molar-refractivity contribution < 1.29 is 4.74 Å². The van der Waals surface area contributed by atoms with Gasteiger partial charge in [0.05, 0.1) is 17.0 Å². The highest BCUT2D eigenvalue weighted by atomic mass is 79.9. The molecule has 4 rings (SSSR count). The van der Waals surface area contributed by atoms with Crippen LogP contribution in [0.1, 0.15) is 16.7 Å². The third kappa shape index (κ3) is 3.55. The summed E-state index contributed by atoms with van der Waals surface area (Å²) in [6, 6.07) is 15.1. The molecular weight excluding hydrogens is 418 g/mol. The molecule has 2 N–H and O–H groups in total. The number of rotatable bonds is 4. The zero-order valence-electron chi connectivity index (χ0n) is 15.2. The van der Waals surface area contributed by atoms with Crippen molar-refractivity contribution in [2.75, 3.05) is 5.32 Å². The van der Waals surface area contributed by atoms with Gasteiger partial charge in [0.15, 0.2) is 0 Å². The van der Waals surface area contributed by atoms with Crippen molar-refractivity contribution >= 4 is 38.6 Å². The first-order chi connectivity index (χ1) is 13.5. The van der Waals surface area contributed by atoms with Gasteiger partial charge in [0, 0.05) is 16.4 Å². The van der Waals surface area contributed by atoms with E-state index in [0.29, 0.717) is 23.0 Å². The van der Waals surface area contributed by atoms with Crippen molar-refractivity contribution in [1.82, 2.24) is 15.0 Å². The molecule has 0 unspecified atom stereocenters. The van der Waals surface area contributed by atoms with Crippen LogP contribution in [0.25, 0.3) is 11.0 Å². The lowest BCUT2D eigenvalue weighted by Gasteiger charge is -2.13. The Morgan fingerprint density at radius 3 is 2.46 bits per heavy atom. The maximum Gasteiger partial charge on any atom is 0.233 e. The molecule has 4 aromatic rings. The number of anilines is 2. The van der Waals surface area contributed by atoms with Crippen LogP contribution in [0.3, 0.4) is 0 Å². The molecule has 6 nitrogen and oxygen atoms in total. The molecule has 2 heterocycles. The van der Waals surface area contributed by atoms with E-state index in [1.807, 2.05) is 44.2 Å². The first kappa shape index (κ1) is 18.0. The van der Waals surface area contributed by atoms with Crippen molar-refractivity contribution in [2.45, 2.75) is 13.8 Å². The second kappa shape index (κ2) is 7.33. The van der Waals surface area contributed by atoms with E-state index in [1.165, 1.54) is 0 Å². The van der Waals surface area contributed by atoms with Crippen molar-refractivity contribution in [3.63, 3.8) is 0 Å². The minimum atomic E-state index is 0.405. The zero-order chi connectivity index (χ0) is 19.7. The van der Waals surface area contributed by atoms with Crippen molar-refractivity contribution in [3.05, 3.63) is 69.8 Å². The lowest BCUT2D eigenvalue weighted by atomic mass is 10.1. The van der Waals surface area contributed by atoms with E-state index in [4.69, 9.17) is 10.00 Å². The summed E-state index contributed by atoms with van der Waals surface area (Å²) in [4.78, 5) is 12.2. The molecule has 7 heteroatoms. The van der Waals surface area contributed by atoms with Gasteiger partial charge in [0.1, 0.15) is 11.4 Å². The van der Waals surface area contributed by atoms with Crippen LogP contribution in [-0.4, -0.2) is 15.0 Å². The van der Waals surface area contributed by atoms with Gasteiger partial charge in [-0.3, -0.25) is 0 Å². The first-order valence-corrected chi connectivity index (χ1v) is 9.40. The quantitative estimate of drug-likeness (QED) is 0.428. The number of aromatic nitrogens is 3. The molecule has 0 spiro atoms.